The Morgan fingerprint density at radius 1 is 1.17 bits per heavy atom. The summed E-state index contributed by atoms with van der Waals surface area (Å²) in [5.41, 5.74) is 3.27. The van der Waals surface area contributed by atoms with Crippen molar-refractivity contribution in [3.8, 4) is 0 Å². The minimum atomic E-state index is 0.102. The molecule has 0 bridgehead atoms. The van der Waals surface area contributed by atoms with Crippen molar-refractivity contribution >= 4 is 38.3 Å². The molecule has 1 atom stereocenters. The maximum Gasteiger partial charge on any atom is 0.229 e. The number of fused-ring (bicyclic) bond motifs is 1. The van der Waals surface area contributed by atoms with E-state index in [0.29, 0.717) is 13.0 Å². The zero-order valence-corrected chi connectivity index (χ0v) is 17.8. The monoisotopic (exact) mass is 409 g/mol. The predicted octanol–water partition coefficient (Wildman–Crippen LogP) is 4.51. The van der Waals surface area contributed by atoms with E-state index in [1.54, 1.807) is 11.3 Å². The molecule has 1 aliphatic heterocycles. The summed E-state index contributed by atoms with van der Waals surface area (Å²) < 4.78 is 6.91. The number of para-hydroxylation sites is 1. The summed E-state index contributed by atoms with van der Waals surface area (Å²) in [4.78, 5) is 21.8. The minimum absolute atomic E-state index is 0.102. The number of nitrogens with zero attached hydrogens (tertiary/aromatic N) is 3. The van der Waals surface area contributed by atoms with E-state index in [1.165, 1.54) is 5.56 Å². The van der Waals surface area contributed by atoms with Gasteiger partial charge in [0, 0.05) is 32.8 Å². The van der Waals surface area contributed by atoms with Crippen molar-refractivity contribution < 1.29 is 9.53 Å². The fourth-order valence-electron chi connectivity index (χ4n) is 3.60. The Bertz CT molecular complexity index is 929. The Morgan fingerprint density at radius 3 is 2.66 bits per heavy atom. The van der Waals surface area contributed by atoms with Crippen LogP contribution < -0.4 is 9.80 Å². The quantitative estimate of drug-likeness (QED) is 0.576. The van der Waals surface area contributed by atoms with Gasteiger partial charge in [0.25, 0.3) is 0 Å². The number of thiazole rings is 1. The molecule has 0 radical (unpaired) electrons. The van der Waals surface area contributed by atoms with E-state index in [-0.39, 0.29) is 12.0 Å². The molecule has 6 heteroatoms. The highest BCUT2D eigenvalue weighted by atomic mass is 32.1. The Labute approximate surface area is 175 Å². The summed E-state index contributed by atoms with van der Waals surface area (Å²) in [5.74, 6) is 0.108. The number of benzene rings is 2. The van der Waals surface area contributed by atoms with Gasteiger partial charge in [0.1, 0.15) is 0 Å². The van der Waals surface area contributed by atoms with Crippen LogP contribution in [-0.4, -0.2) is 44.2 Å². The highest BCUT2D eigenvalue weighted by molar-refractivity contribution is 7.22. The molecule has 152 valence electrons. The molecule has 1 saturated heterocycles. The normalized spacial score (nSPS) is 16.3. The molecule has 2 aromatic carbocycles. The highest BCUT2D eigenvalue weighted by Gasteiger charge is 2.26. The molecule has 0 spiro atoms. The smallest absolute Gasteiger partial charge is 0.229 e. The molecule has 1 fully saturated rings. The predicted molar refractivity (Wildman–Crippen MR) is 120 cm³/mol. The number of aromatic nitrogens is 1. The largest absolute Gasteiger partial charge is 0.378 e. The number of rotatable bonds is 7. The van der Waals surface area contributed by atoms with E-state index in [4.69, 9.17) is 9.72 Å². The van der Waals surface area contributed by atoms with Gasteiger partial charge in [-0.1, -0.05) is 35.6 Å². The van der Waals surface area contributed by atoms with Crippen LogP contribution in [0, 0.1) is 0 Å². The van der Waals surface area contributed by atoms with Crippen molar-refractivity contribution in [2.24, 2.45) is 0 Å². The first-order valence-electron chi connectivity index (χ1n) is 10.1. The van der Waals surface area contributed by atoms with Gasteiger partial charge in [0.05, 0.1) is 22.9 Å². The van der Waals surface area contributed by atoms with Crippen LogP contribution in [0.15, 0.2) is 48.5 Å². The zero-order valence-electron chi connectivity index (χ0n) is 17.0. The maximum absolute atomic E-state index is 13.2. The van der Waals surface area contributed by atoms with E-state index in [1.807, 2.05) is 37.2 Å². The average molecular weight is 410 g/mol. The Kier molecular flexibility index (Phi) is 6.11. The van der Waals surface area contributed by atoms with E-state index in [0.717, 1.165) is 46.9 Å². The van der Waals surface area contributed by atoms with Crippen LogP contribution in [0.5, 0.6) is 0 Å². The van der Waals surface area contributed by atoms with Crippen LogP contribution in [0.3, 0.4) is 0 Å². The lowest BCUT2D eigenvalue weighted by Crippen LogP contribution is -2.37. The van der Waals surface area contributed by atoms with Gasteiger partial charge >= 0.3 is 0 Å². The first kappa shape index (κ1) is 19.9. The van der Waals surface area contributed by atoms with E-state index < -0.39 is 0 Å². The minimum Gasteiger partial charge on any atom is -0.378 e. The SMILES string of the molecule is CN(C)c1ccc(CCC(=O)N(C[C@H]2CCCO2)c2nc3ccccc3s2)cc1. The van der Waals surface area contributed by atoms with Crippen LogP contribution >= 0.6 is 11.3 Å². The summed E-state index contributed by atoms with van der Waals surface area (Å²) in [6.45, 7) is 1.36. The third-order valence-corrected chi connectivity index (χ3v) is 6.36. The summed E-state index contributed by atoms with van der Waals surface area (Å²) >= 11 is 1.58. The number of anilines is 2. The number of aryl methyl sites for hydroxylation is 1. The molecule has 0 aliphatic carbocycles. The standard InChI is InChI=1S/C23H27N3O2S/c1-25(2)18-12-9-17(10-13-18)11-14-22(27)26(16-19-6-5-15-28-19)23-24-20-7-3-4-8-21(20)29-23/h3-4,7-10,12-13,19H,5-6,11,14-16H2,1-2H3/t19-/m1/s1. The second-order valence-electron chi connectivity index (χ2n) is 7.66. The fourth-order valence-corrected chi connectivity index (χ4v) is 4.59. The van der Waals surface area contributed by atoms with Crippen molar-refractivity contribution in [1.82, 2.24) is 4.98 Å². The van der Waals surface area contributed by atoms with Crippen LogP contribution in [0.25, 0.3) is 10.2 Å². The third kappa shape index (κ3) is 4.77. The molecule has 0 N–H and O–H groups in total. The first-order chi connectivity index (χ1) is 14.1. The van der Waals surface area contributed by atoms with Gasteiger partial charge in [-0.3, -0.25) is 9.69 Å². The average Bonchev–Trinajstić information content (AvgIpc) is 3.39. The van der Waals surface area contributed by atoms with Crippen molar-refractivity contribution in [2.75, 3.05) is 37.0 Å². The second kappa shape index (κ2) is 8.93. The number of carbonyl (C=O) groups is 1. The molecule has 2 heterocycles. The van der Waals surface area contributed by atoms with Crippen LogP contribution in [0.1, 0.15) is 24.8 Å². The summed E-state index contributed by atoms with van der Waals surface area (Å²) in [7, 11) is 4.05. The molecular weight excluding hydrogens is 382 g/mol. The number of hydrogen-bond acceptors (Lipinski definition) is 5. The van der Waals surface area contributed by atoms with Crippen molar-refractivity contribution in [3.05, 3.63) is 54.1 Å². The van der Waals surface area contributed by atoms with Crippen LogP contribution in [-0.2, 0) is 16.0 Å². The Hall–Kier alpha value is -2.44. The van der Waals surface area contributed by atoms with E-state index in [2.05, 4.69) is 35.2 Å². The molecule has 3 aromatic rings. The summed E-state index contributed by atoms with van der Waals surface area (Å²) in [5, 5.41) is 0.773. The molecule has 1 aliphatic rings. The van der Waals surface area contributed by atoms with Crippen molar-refractivity contribution in [3.63, 3.8) is 0 Å². The molecular formula is C23H27N3O2S. The Balaban J connectivity index is 1.49. The fraction of sp³-hybridized carbons (Fsp3) is 0.391. The van der Waals surface area contributed by atoms with Gasteiger partial charge in [-0.15, -0.1) is 0 Å². The molecule has 0 unspecified atom stereocenters. The second-order valence-corrected chi connectivity index (χ2v) is 8.67. The van der Waals surface area contributed by atoms with E-state index >= 15 is 0 Å². The van der Waals surface area contributed by atoms with Gasteiger partial charge in [-0.2, -0.15) is 0 Å². The molecule has 29 heavy (non-hydrogen) atoms. The first-order valence-corrected chi connectivity index (χ1v) is 11.0. The van der Waals surface area contributed by atoms with E-state index in [9.17, 15) is 4.79 Å². The molecule has 5 nitrogen and oxygen atoms in total. The number of amides is 1. The highest BCUT2D eigenvalue weighted by Crippen LogP contribution is 2.30. The van der Waals surface area contributed by atoms with Gasteiger partial charge in [0.2, 0.25) is 5.91 Å². The van der Waals surface area contributed by atoms with Crippen molar-refractivity contribution in [2.45, 2.75) is 31.8 Å². The van der Waals surface area contributed by atoms with Crippen LogP contribution in [0.2, 0.25) is 0 Å². The topological polar surface area (TPSA) is 45.7 Å². The lowest BCUT2D eigenvalue weighted by atomic mass is 10.1. The maximum atomic E-state index is 13.2. The summed E-state index contributed by atoms with van der Waals surface area (Å²) in [6, 6.07) is 16.4. The number of hydrogen-bond donors (Lipinski definition) is 0. The molecule has 4 rings (SSSR count). The molecule has 0 saturated carbocycles. The third-order valence-electron chi connectivity index (χ3n) is 5.31. The summed E-state index contributed by atoms with van der Waals surface area (Å²) in [6.07, 6.45) is 3.35. The van der Waals surface area contributed by atoms with Crippen molar-refractivity contribution in [1.29, 1.82) is 0 Å². The number of ether oxygens (including phenoxy) is 1. The lowest BCUT2D eigenvalue weighted by molar-refractivity contribution is -0.119. The van der Waals surface area contributed by atoms with Gasteiger partial charge in [0.15, 0.2) is 5.13 Å². The zero-order chi connectivity index (χ0) is 20.2. The lowest BCUT2D eigenvalue weighted by Gasteiger charge is -2.23. The molecule has 1 amide bonds. The van der Waals surface area contributed by atoms with Crippen LogP contribution in [0.4, 0.5) is 10.8 Å². The number of carbonyl (C=O) groups excluding carboxylic acids is 1. The van der Waals surface area contributed by atoms with Gasteiger partial charge in [-0.05, 0) is 49.1 Å². The van der Waals surface area contributed by atoms with Gasteiger partial charge in [-0.25, -0.2) is 4.98 Å². The molecule has 1 aromatic heterocycles. The Morgan fingerprint density at radius 2 is 1.97 bits per heavy atom. The van der Waals surface area contributed by atoms with Gasteiger partial charge < -0.3 is 9.64 Å².